The van der Waals surface area contributed by atoms with Crippen molar-refractivity contribution in [3.8, 4) is 0 Å². The maximum Gasteiger partial charge on any atom is 0.166 e. The van der Waals surface area contributed by atoms with E-state index < -0.39 is 0 Å². The number of hydrogen-bond donors (Lipinski definition) is 2. The molecule has 4 N–H and O–H groups in total. The van der Waals surface area contributed by atoms with Gasteiger partial charge in [-0.15, -0.1) is 0 Å². The SMILES string of the molecule is CCn1cnc(N)c1N. The molecule has 0 spiro atoms. The molecule has 0 bridgehead atoms. The van der Waals surface area contributed by atoms with E-state index in [2.05, 4.69) is 4.98 Å². The molecule has 9 heavy (non-hydrogen) atoms. The van der Waals surface area contributed by atoms with Crippen molar-refractivity contribution >= 4 is 11.6 Å². The van der Waals surface area contributed by atoms with Crippen LogP contribution in [-0.4, -0.2) is 9.55 Å². The lowest BCUT2D eigenvalue weighted by molar-refractivity contribution is 0.771. The van der Waals surface area contributed by atoms with E-state index in [1.54, 1.807) is 10.9 Å². The number of nitrogens with zero attached hydrogens (tertiary/aromatic N) is 2. The van der Waals surface area contributed by atoms with Crippen molar-refractivity contribution in [1.82, 2.24) is 9.55 Å². The second-order valence-corrected chi connectivity index (χ2v) is 1.80. The van der Waals surface area contributed by atoms with Crippen LogP contribution in [-0.2, 0) is 6.54 Å². The summed E-state index contributed by atoms with van der Waals surface area (Å²) in [5.74, 6) is 0.967. The molecule has 0 amide bonds. The number of nitrogen functional groups attached to an aromatic ring is 2. The highest BCUT2D eigenvalue weighted by molar-refractivity contribution is 5.52. The van der Waals surface area contributed by atoms with Gasteiger partial charge in [-0.2, -0.15) is 0 Å². The number of nitrogens with two attached hydrogens (primary N) is 2. The van der Waals surface area contributed by atoms with Gasteiger partial charge >= 0.3 is 0 Å². The second-order valence-electron chi connectivity index (χ2n) is 1.80. The molecule has 0 aliphatic carbocycles. The van der Waals surface area contributed by atoms with Crippen LogP contribution >= 0.6 is 0 Å². The molecule has 4 heteroatoms. The van der Waals surface area contributed by atoms with Gasteiger partial charge in [0.1, 0.15) is 5.82 Å². The smallest absolute Gasteiger partial charge is 0.166 e. The van der Waals surface area contributed by atoms with E-state index in [0.29, 0.717) is 11.6 Å². The average Bonchev–Trinajstić information content (AvgIpc) is 2.15. The third kappa shape index (κ3) is 0.826. The molecular weight excluding hydrogens is 116 g/mol. The van der Waals surface area contributed by atoms with Crippen LogP contribution in [0, 0.1) is 0 Å². The Kier molecular flexibility index (Phi) is 1.30. The summed E-state index contributed by atoms with van der Waals surface area (Å²) in [5, 5.41) is 0. The molecule has 0 saturated heterocycles. The van der Waals surface area contributed by atoms with Crippen LogP contribution in [0.3, 0.4) is 0 Å². The molecule has 0 aromatic carbocycles. The van der Waals surface area contributed by atoms with E-state index >= 15 is 0 Å². The largest absolute Gasteiger partial charge is 0.382 e. The van der Waals surface area contributed by atoms with E-state index in [1.165, 1.54) is 0 Å². The molecule has 0 atom stereocenters. The number of hydrogen-bond acceptors (Lipinski definition) is 3. The number of rotatable bonds is 1. The molecule has 0 radical (unpaired) electrons. The molecule has 1 heterocycles. The molecule has 4 nitrogen and oxygen atoms in total. The van der Waals surface area contributed by atoms with Crippen molar-refractivity contribution in [2.75, 3.05) is 11.5 Å². The quantitative estimate of drug-likeness (QED) is 0.559. The number of anilines is 2. The Balaban J connectivity index is 3.04. The van der Waals surface area contributed by atoms with Gasteiger partial charge < -0.3 is 16.0 Å². The maximum absolute atomic E-state index is 5.49. The second kappa shape index (κ2) is 1.97. The topological polar surface area (TPSA) is 69.9 Å². The van der Waals surface area contributed by atoms with Crippen molar-refractivity contribution in [3.05, 3.63) is 6.33 Å². The van der Waals surface area contributed by atoms with Gasteiger partial charge in [-0.25, -0.2) is 4.98 Å². The van der Waals surface area contributed by atoms with E-state index in [-0.39, 0.29) is 0 Å². The molecule has 0 aliphatic heterocycles. The summed E-state index contributed by atoms with van der Waals surface area (Å²) in [4.78, 5) is 3.80. The van der Waals surface area contributed by atoms with Crippen molar-refractivity contribution in [3.63, 3.8) is 0 Å². The van der Waals surface area contributed by atoms with Gasteiger partial charge in [0.15, 0.2) is 5.82 Å². The Morgan fingerprint density at radius 1 is 1.67 bits per heavy atom. The summed E-state index contributed by atoms with van der Waals surface area (Å²) in [6.45, 7) is 2.80. The lowest BCUT2D eigenvalue weighted by Crippen LogP contribution is -2.00. The molecule has 1 rings (SSSR count). The Morgan fingerprint density at radius 2 is 2.33 bits per heavy atom. The normalized spacial score (nSPS) is 9.89. The van der Waals surface area contributed by atoms with E-state index in [4.69, 9.17) is 11.5 Å². The van der Waals surface area contributed by atoms with Crippen molar-refractivity contribution in [1.29, 1.82) is 0 Å². The van der Waals surface area contributed by atoms with Crippen LogP contribution in [0.2, 0.25) is 0 Å². The Hall–Kier alpha value is -1.19. The number of aromatic nitrogens is 2. The fourth-order valence-corrected chi connectivity index (χ4v) is 0.659. The van der Waals surface area contributed by atoms with E-state index in [1.807, 2.05) is 6.92 Å². The number of imidazole rings is 1. The predicted octanol–water partition coefficient (Wildman–Crippen LogP) is 0.0674. The monoisotopic (exact) mass is 126 g/mol. The summed E-state index contributed by atoms with van der Waals surface area (Å²) in [6.07, 6.45) is 1.63. The fourth-order valence-electron chi connectivity index (χ4n) is 0.659. The molecule has 0 aliphatic rings. The first-order chi connectivity index (χ1) is 4.25. The predicted molar refractivity (Wildman–Crippen MR) is 36.7 cm³/mol. The summed E-state index contributed by atoms with van der Waals surface area (Å²) in [7, 11) is 0. The first-order valence-corrected chi connectivity index (χ1v) is 2.81. The van der Waals surface area contributed by atoms with Gasteiger partial charge in [0.25, 0.3) is 0 Å². The Bertz CT molecular complexity index is 203. The lowest BCUT2D eigenvalue weighted by atomic mass is 10.6. The standard InChI is InChI=1S/C5H10N4/c1-2-9-3-8-4(6)5(9)7/h3H,2,6-7H2,1H3. The minimum atomic E-state index is 0.414. The van der Waals surface area contributed by atoms with Gasteiger partial charge in [-0.3, -0.25) is 0 Å². The zero-order valence-corrected chi connectivity index (χ0v) is 5.33. The molecule has 0 unspecified atom stereocenters. The molecule has 0 saturated carbocycles. The zero-order valence-electron chi connectivity index (χ0n) is 5.33. The Morgan fingerprint density at radius 3 is 2.56 bits per heavy atom. The lowest BCUT2D eigenvalue weighted by Gasteiger charge is -1.96. The third-order valence-electron chi connectivity index (χ3n) is 1.25. The third-order valence-corrected chi connectivity index (χ3v) is 1.25. The van der Waals surface area contributed by atoms with Crippen molar-refractivity contribution in [2.45, 2.75) is 13.5 Å². The summed E-state index contributed by atoms with van der Waals surface area (Å²) < 4.78 is 1.79. The minimum Gasteiger partial charge on any atom is -0.382 e. The van der Waals surface area contributed by atoms with E-state index in [9.17, 15) is 0 Å². The highest BCUT2D eigenvalue weighted by Gasteiger charge is 1.98. The summed E-state index contributed by atoms with van der Waals surface area (Å²) in [6, 6.07) is 0. The van der Waals surface area contributed by atoms with Crippen molar-refractivity contribution in [2.24, 2.45) is 0 Å². The van der Waals surface area contributed by atoms with Crippen molar-refractivity contribution < 1.29 is 0 Å². The fraction of sp³-hybridized carbons (Fsp3) is 0.400. The molecular formula is C5H10N4. The van der Waals surface area contributed by atoms with Crippen LogP contribution in [0.25, 0.3) is 0 Å². The van der Waals surface area contributed by atoms with Gasteiger partial charge in [-0.05, 0) is 6.92 Å². The number of aryl methyl sites for hydroxylation is 1. The van der Waals surface area contributed by atoms with Gasteiger partial charge in [0.05, 0.1) is 6.33 Å². The van der Waals surface area contributed by atoms with E-state index in [0.717, 1.165) is 6.54 Å². The highest BCUT2D eigenvalue weighted by Crippen LogP contribution is 2.09. The summed E-state index contributed by atoms with van der Waals surface area (Å²) in [5.41, 5.74) is 10.8. The van der Waals surface area contributed by atoms with Crippen LogP contribution < -0.4 is 11.5 Å². The molecule has 1 aromatic rings. The van der Waals surface area contributed by atoms with Gasteiger partial charge in [-0.1, -0.05) is 0 Å². The van der Waals surface area contributed by atoms with Crippen LogP contribution in [0.1, 0.15) is 6.92 Å². The van der Waals surface area contributed by atoms with Crippen LogP contribution in [0.4, 0.5) is 11.6 Å². The molecule has 50 valence electrons. The highest BCUT2D eigenvalue weighted by atomic mass is 15.1. The van der Waals surface area contributed by atoms with Gasteiger partial charge in [0, 0.05) is 6.54 Å². The first kappa shape index (κ1) is 5.94. The molecule has 1 aromatic heterocycles. The van der Waals surface area contributed by atoms with Gasteiger partial charge in [0.2, 0.25) is 0 Å². The van der Waals surface area contributed by atoms with Crippen LogP contribution in [0.15, 0.2) is 6.33 Å². The minimum absolute atomic E-state index is 0.414. The average molecular weight is 126 g/mol. The summed E-state index contributed by atoms with van der Waals surface area (Å²) >= 11 is 0. The van der Waals surface area contributed by atoms with Crippen LogP contribution in [0.5, 0.6) is 0 Å². The molecule has 0 fully saturated rings. The maximum atomic E-state index is 5.49. The zero-order chi connectivity index (χ0) is 6.85. The Labute approximate surface area is 53.5 Å². The first-order valence-electron chi connectivity index (χ1n) is 2.81.